The third kappa shape index (κ3) is 3.23. The molecule has 5 heteroatoms. The fourth-order valence-electron chi connectivity index (χ4n) is 1.77. The first-order chi connectivity index (χ1) is 9.13. The molecule has 0 bridgehead atoms. The van der Waals surface area contributed by atoms with Gasteiger partial charge in [0.15, 0.2) is 5.82 Å². The van der Waals surface area contributed by atoms with E-state index in [-0.39, 0.29) is 0 Å². The van der Waals surface area contributed by atoms with Gasteiger partial charge in [-0.25, -0.2) is 9.97 Å². The Morgan fingerprint density at radius 2 is 2.05 bits per heavy atom. The zero-order valence-electron chi connectivity index (χ0n) is 11.2. The summed E-state index contributed by atoms with van der Waals surface area (Å²) in [6.07, 6.45) is 0. The Balaban J connectivity index is 2.43. The van der Waals surface area contributed by atoms with Gasteiger partial charge in [-0.1, -0.05) is 0 Å². The number of methoxy groups -OCH3 is 1. The molecule has 0 aliphatic heterocycles. The van der Waals surface area contributed by atoms with Gasteiger partial charge in [0.25, 0.3) is 0 Å². The standard InChI is InChI=1S/C14H16BrN3O/c1-4-16-13-7-9(2)17-14(18-13)10-5-6-12(19-3)11(15)8-10/h5-8H,4H2,1-3H3,(H,16,17,18). The highest BCUT2D eigenvalue weighted by Crippen LogP contribution is 2.29. The lowest BCUT2D eigenvalue weighted by Gasteiger charge is -2.08. The summed E-state index contributed by atoms with van der Waals surface area (Å²) < 4.78 is 6.11. The minimum atomic E-state index is 0.708. The second-order valence-corrected chi connectivity index (χ2v) is 4.95. The molecule has 0 aliphatic carbocycles. The third-order valence-corrected chi connectivity index (χ3v) is 3.24. The zero-order valence-corrected chi connectivity index (χ0v) is 12.8. The van der Waals surface area contributed by atoms with E-state index in [9.17, 15) is 0 Å². The second kappa shape index (κ2) is 6.02. The fourth-order valence-corrected chi connectivity index (χ4v) is 2.32. The van der Waals surface area contributed by atoms with Crippen LogP contribution in [0, 0.1) is 6.92 Å². The summed E-state index contributed by atoms with van der Waals surface area (Å²) in [4.78, 5) is 8.98. The summed E-state index contributed by atoms with van der Waals surface area (Å²) >= 11 is 3.48. The number of hydrogen-bond acceptors (Lipinski definition) is 4. The van der Waals surface area contributed by atoms with Crippen LogP contribution in [0.25, 0.3) is 11.4 Å². The topological polar surface area (TPSA) is 47.0 Å². The van der Waals surface area contributed by atoms with Gasteiger partial charge in [-0.3, -0.25) is 0 Å². The summed E-state index contributed by atoms with van der Waals surface area (Å²) in [6.45, 7) is 4.84. The van der Waals surface area contributed by atoms with Gasteiger partial charge in [0.2, 0.25) is 0 Å². The van der Waals surface area contributed by atoms with Crippen molar-refractivity contribution in [2.75, 3.05) is 19.0 Å². The van der Waals surface area contributed by atoms with Crippen LogP contribution in [-0.2, 0) is 0 Å². The molecule has 0 saturated heterocycles. The molecule has 19 heavy (non-hydrogen) atoms. The molecule has 4 nitrogen and oxygen atoms in total. The normalized spacial score (nSPS) is 10.3. The van der Waals surface area contributed by atoms with E-state index in [2.05, 4.69) is 31.2 Å². The van der Waals surface area contributed by atoms with Crippen molar-refractivity contribution >= 4 is 21.7 Å². The molecule has 0 amide bonds. The molecule has 0 radical (unpaired) electrons. The Hall–Kier alpha value is -1.62. The van der Waals surface area contributed by atoms with E-state index in [1.54, 1.807) is 7.11 Å². The van der Waals surface area contributed by atoms with Crippen molar-refractivity contribution < 1.29 is 4.74 Å². The largest absolute Gasteiger partial charge is 0.496 e. The molecule has 1 aromatic carbocycles. The quantitative estimate of drug-likeness (QED) is 0.933. The van der Waals surface area contributed by atoms with Gasteiger partial charge < -0.3 is 10.1 Å². The predicted octanol–water partition coefficient (Wildman–Crippen LogP) is 3.65. The Labute approximate surface area is 121 Å². The number of halogens is 1. The molecule has 0 fully saturated rings. The number of nitrogens with zero attached hydrogens (tertiary/aromatic N) is 2. The van der Waals surface area contributed by atoms with Gasteiger partial charge in [-0.2, -0.15) is 0 Å². The first-order valence-electron chi connectivity index (χ1n) is 6.07. The van der Waals surface area contributed by atoms with Gasteiger partial charge in [0, 0.05) is 23.9 Å². The zero-order chi connectivity index (χ0) is 13.8. The van der Waals surface area contributed by atoms with E-state index in [1.165, 1.54) is 0 Å². The third-order valence-electron chi connectivity index (χ3n) is 2.62. The number of benzene rings is 1. The van der Waals surface area contributed by atoms with E-state index < -0.39 is 0 Å². The molecule has 2 aromatic rings. The van der Waals surface area contributed by atoms with E-state index in [0.29, 0.717) is 5.82 Å². The summed E-state index contributed by atoms with van der Waals surface area (Å²) in [5.74, 6) is 2.35. The van der Waals surface area contributed by atoms with Crippen LogP contribution in [0.1, 0.15) is 12.6 Å². The van der Waals surface area contributed by atoms with Crippen molar-refractivity contribution in [2.45, 2.75) is 13.8 Å². The van der Waals surface area contributed by atoms with Crippen LogP contribution >= 0.6 is 15.9 Å². The molecular formula is C14H16BrN3O. The Bertz CT molecular complexity index is 587. The number of aromatic nitrogens is 2. The van der Waals surface area contributed by atoms with Crippen LogP contribution in [0.4, 0.5) is 5.82 Å². The summed E-state index contributed by atoms with van der Waals surface area (Å²) in [5, 5.41) is 3.21. The highest BCUT2D eigenvalue weighted by Gasteiger charge is 2.07. The maximum atomic E-state index is 5.22. The SMILES string of the molecule is CCNc1cc(C)nc(-c2ccc(OC)c(Br)c2)n1. The van der Waals surface area contributed by atoms with Gasteiger partial charge in [-0.05, 0) is 48.0 Å². The van der Waals surface area contributed by atoms with E-state index in [0.717, 1.165) is 33.8 Å². The van der Waals surface area contributed by atoms with Gasteiger partial charge in [0.1, 0.15) is 11.6 Å². The van der Waals surface area contributed by atoms with Crippen molar-refractivity contribution in [2.24, 2.45) is 0 Å². The number of hydrogen-bond donors (Lipinski definition) is 1. The van der Waals surface area contributed by atoms with Crippen LogP contribution in [0.3, 0.4) is 0 Å². The first-order valence-corrected chi connectivity index (χ1v) is 6.86. The second-order valence-electron chi connectivity index (χ2n) is 4.10. The minimum Gasteiger partial charge on any atom is -0.496 e. The smallest absolute Gasteiger partial charge is 0.161 e. The van der Waals surface area contributed by atoms with E-state index in [4.69, 9.17) is 4.74 Å². The van der Waals surface area contributed by atoms with Crippen LogP contribution in [0.5, 0.6) is 5.75 Å². The van der Waals surface area contributed by atoms with Crippen molar-refractivity contribution in [1.82, 2.24) is 9.97 Å². The van der Waals surface area contributed by atoms with Crippen molar-refractivity contribution in [1.29, 1.82) is 0 Å². The van der Waals surface area contributed by atoms with E-state index >= 15 is 0 Å². The Morgan fingerprint density at radius 3 is 2.68 bits per heavy atom. The van der Waals surface area contributed by atoms with Crippen LogP contribution in [-0.4, -0.2) is 23.6 Å². The van der Waals surface area contributed by atoms with Gasteiger partial charge >= 0.3 is 0 Å². The maximum absolute atomic E-state index is 5.22. The molecule has 1 heterocycles. The first kappa shape index (κ1) is 13.8. The number of rotatable bonds is 4. The highest BCUT2D eigenvalue weighted by molar-refractivity contribution is 9.10. The van der Waals surface area contributed by atoms with Crippen molar-refractivity contribution in [3.63, 3.8) is 0 Å². The minimum absolute atomic E-state index is 0.708. The number of anilines is 1. The molecule has 0 saturated carbocycles. The fraction of sp³-hybridized carbons (Fsp3) is 0.286. The van der Waals surface area contributed by atoms with Gasteiger partial charge in [-0.15, -0.1) is 0 Å². The molecule has 0 atom stereocenters. The predicted molar refractivity (Wildman–Crippen MR) is 80.6 cm³/mol. The lowest BCUT2D eigenvalue weighted by Crippen LogP contribution is -2.02. The summed E-state index contributed by atoms with van der Waals surface area (Å²) in [7, 11) is 1.65. The van der Waals surface area contributed by atoms with Crippen molar-refractivity contribution in [3.8, 4) is 17.1 Å². The number of nitrogens with one attached hydrogen (secondary N) is 1. The monoisotopic (exact) mass is 321 g/mol. The molecule has 2 rings (SSSR count). The van der Waals surface area contributed by atoms with Crippen LogP contribution in [0.2, 0.25) is 0 Å². The lowest BCUT2D eigenvalue weighted by atomic mass is 10.2. The summed E-state index contributed by atoms with van der Waals surface area (Å²) in [6, 6.07) is 7.75. The molecule has 0 aliphatic rings. The van der Waals surface area contributed by atoms with Gasteiger partial charge in [0.05, 0.1) is 11.6 Å². The summed E-state index contributed by atoms with van der Waals surface area (Å²) in [5.41, 5.74) is 1.89. The average molecular weight is 322 g/mol. The lowest BCUT2D eigenvalue weighted by molar-refractivity contribution is 0.412. The molecule has 0 unspecified atom stereocenters. The number of aryl methyl sites for hydroxylation is 1. The van der Waals surface area contributed by atoms with Crippen molar-refractivity contribution in [3.05, 3.63) is 34.4 Å². The molecule has 1 N–H and O–H groups in total. The molecule has 100 valence electrons. The average Bonchev–Trinajstić information content (AvgIpc) is 2.38. The molecular weight excluding hydrogens is 306 g/mol. The van der Waals surface area contributed by atoms with E-state index in [1.807, 2.05) is 38.1 Å². The number of ether oxygens (including phenoxy) is 1. The molecule has 0 spiro atoms. The van der Waals surface area contributed by atoms with Crippen LogP contribution < -0.4 is 10.1 Å². The molecule has 1 aromatic heterocycles. The Kier molecular flexibility index (Phi) is 4.37. The Morgan fingerprint density at radius 1 is 1.26 bits per heavy atom. The maximum Gasteiger partial charge on any atom is 0.161 e. The van der Waals surface area contributed by atoms with Crippen LogP contribution in [0.15, 0.2) is 28.7 Å². The highest BCUT2D eigenvalue weighted by atomic mass is 79.9.